The van der Waals surface area contributed by atoms with Crippen LogP contribution in [-0.2, 0) is 9.47 Å². The number of ether oxygens (including phenoxy) is 2. The van der Waals surface area contributed by atoms with E-state index < -0.39 is 29.3 Å². The van der Waals surface area contributed by atoms with E-state index in [0.29, 0.717) is 0 Å². The van der Waals surface area contributed by atoms with Gasteiger partial charge in [-0.15, -0.1) is 0 Å². The van der Waals surface area contributed by atoms with Gasteiger partial charge in [-0.2, -0.15) is 0 Å². The first-order chi connectivity index (χ1) is 11.7. The quantitative estimate of drug-likeness (QED) is 0.478. The molecule has 0 saturated carbocycles. The Hall–Kier alpha value is -3.43. The molecule has 2 N–H and O–H groups in total. The molecule has 1 aliphatic rings. The summed E-state index contributed by atoms with van der Waals surface area (Å²) in [6.45, 7) is 3.00. The van der Waals surface area contributed by atoms with E-state index in [-0.39, 0.29) is 28.4 Å². The molecule has 2 unspecified atom stereocenters. The zero-order valence-electron chi connectivity index (χ0n) is 13.2. The Labute approximate surface area is 141 Å². The zero-order valence-corrected chi connectivity index (χ0v) is 13.2. The molecule has 0 aliphatic carbocycles. The van der Waals surface area contributed by atoms with Crippen molar-refractivity contribution in [3.63, 3.8) is 0 Å². The molecular weight excluding hydrogens is 336 g/mol. The second-order valence-corrected chi connectivity index (χ2v) is 5.20. The number of nitro groups is 1. The largest absolute Gasteiger partial charge is 0.511 e. The van der Waals surface area contributed by atoms with Crippen LogP contribution in [0, 0.1) is 10.1 Å². The van der Waals surface area contributed by atoms with Crippen LogP contribution in [0.5, 0.6) is 0 Å². The minimum absolute atomic E-state index is 0.148. The Bertz CT molecular complexity index is 798. The van der Waals surface area contributed by atoms with E-state index in [4.69, 9.17) is 19.7 Å². The lowest BCUT2D eigenvalue weighted by atomic mass is 9.86. The number of hydrogen-bond donors (Lipinski definition) is 2. The van der Waals surface area contributed by atoms with Gasteiger partial charge in [-0.25, -0.2) is 9.59 Å². The lowest BCUT2D eigenvalue weighted by Gasteiger charge is -2.31. The van der Waals surface area contributed by atoms with E-state index >= 15 is 0 Å². The molecule has 1 aliphatic heterocycles. The Kier molecular flexibility index (Phi) is 5.01. The Balaban J connectivity index is 2.61. The van der Waals surface area contributed by atoms with E-state index in [1.807, 2.05) is 0 Å². The summed E-state index contributed by atoms with van der Waals surface area (Å²) in [6.07, 6.45) is -4.39. The van der Waals surface area contributed by atoms with Crippen molar-refractivity contribution < 1.29 is 34.2 Å². The summed E-state index contributed by atoms with van der Waals surface area (Å²) in [5, 5.41) is 28.9. The minimum atomic E-state index is -1.62. The molecule has 10 nitrogen and oxygen atoms in total. The second-order valence-electron chi connectivity index (χ2n) is 5.20. The summed E-state index contributed by atoms with van der Waals surface area (Å²) >= 11 is 0. The van der Waals surface area contributed by atoms with Crippen LogP contribution in [0.4, 0.5) is 15.3 Å². The number of allylic oxidation sites excluding steroid dienone is 1. The number of hydrogen-bond acceptors (Lipinski definition) is 7. The standard InChI is InChI=1S/C15H14N2O8/c1-7-12(24-14(18)19)11(13(8(2)16-7)25-15(20)21)9-4-3-5-10(6-9)17(22)23/h3-6,11-12H,1-2H3,(H,18,19)(H,20,21). The van der Waals surface area contributed by atoms with Gasteiger partial charge in [0, 0.05) is 12.1 Å². The Morgan fingerprint density at radius 2 is 1.92 bits per heavy atom. The van der Waals surface area contributed by atoms with Crippen molar-refractivity contribution in [2.24, 2.45) is 4.99 Å². The van der Waals surface area contributed by atoms with Crippen molar-refractivity contribution in [1.29, 1.82) is 0 Å². The predicted octanol–water partition coefficient (Wildman–Crippen LogP) is 3.14. The SMILES string of the molecule is CC1=NC(C)=C(OC(=O)O)C(c2cccc([N+](=O)[O-])c2)C1OC(=O)O. The van der Waals surface area contributed by atoms with Crippen LogP contribution in [-0.4, -0.2) is 39.3 Å². The minimum Gasteiger partial charge on any atom is -0.450 e. The molecule has 2 rings (SSSR count). The summed E-state index contributed by atoms with van der Waals surface area (Å²) in [7, 11) is 0. The van der Waals surface area contributed by atoms with Crippen molar-refractivity contribution in [3.8, 4) is 0 Å². The molecular formula is C15H14N2O8. The summed E-state index contributed by atoms with van der Waals surface area (Å²) in [6, 6.07) is 5.36. The summed E-state index contributed by atoms with van der Waals surface area (Å²) in [4.78, 5) is 36.5. The fourth-order valence-electron chi connectivity index (χ4n) is 2.64. The van der Waals surface area contributed by atoms with Gasteiger partial charge >= 0.3 is 12.3 Å². The summed E-state index contributed by atoms with van der Waals surface area (Å²) in [5.41, 5.74) is 0.514. The number of benzene rings is 1. The average Bonchev–Trinajstić information content (AvgIpc) is 2.51. The Morgan fingerprint density at radius 3 is 2.48 bits per heavy atom. The van der Waals surface area contributed by atoms with Crippen LogP contribution in [0.1, 0.15) is 25.3 Å². The first-order valence-corrected chi connectivity index (χ1v) is 7.01. The number of rotatable bonds is 4. The van der Waals surface area contributed by atoms with Crippen LogP contribution >= 0.6 is 0 Å². The van der Waals surface area contributed by atoms with Gasteiger partial charge in [0.25, 0.3) is 5.69 Å². The zero-order chi connectivity index (χ0) is 18.7. The van der Waals surface area contributed by atoms with Crippen molar-refractivity contribution >= 4 is 23.7 Å². The smallest absolute Gasteiger partial charge is 0.450 e. The third kappa shape index (κ3) is 3.91. The fraction of sp³-hybridized carbons (Fsp3) is 0.267. The van der Waals surface area contributed by atoms with E-state index in [2.05, 4.69) is 4.99 Å². The van der Waals surface area contributed by atoms with Crippen LogP contribution in [0.3, 0.4) is 0 Å². The van der Waals surface area contributed by atoms with Crippen LogP contribution < -0.4 is 0 Å². The van der Waals surface area contributed by atoms with Gasteiger partial charge in [0.15, 0.2) is 6.10 Å². The van der Waals surface area contributed by atoms with Crippen molar-refractivity contribution in [3.05, 3.63) is 51.4 Å². The monoisotopic (exact) mass is 350 g/mol. The van der Waals surface area contributed by atoms with Gasteiger partial charge in [-0.3, -0.25) is 15.1 Å². The molecule has 1 aromatic carbocycles. The van der Waals surface area contributed by atoms with Gasteiger partial charge in [0.05, 0.1) is 22.2 Å². The number of carboxylic acid groups (broad SMARTS) is 2. The summed E-state index contributed by atoms with van der Waals surface area (Å²) < 4.78 is 9.62. The molecule has 132 valence electrons. The third-order valence-corrected chi connectivity index (χ3v) is 3.56. The first kappa shape index (κ1) is 17.9. The Morgan fingerprint density at radius 1 is 1.24 bits per heavy atom. The third-order valence-electron chi connectivity index (χ3n) is 3.56. The number of non-ortho nitro benzene ring substituents is 1. The maximum atomic E-state index is 11.0. The maximum Gasteiger partial charge on any atom is 0.511 e. The van der Waals surface area contributed by atoms with E-state index in [0.717, 1.165) is 0 Å². The highest BCUT2D eigenvalue weighted by Crippen LogP contribution is 2.38. The lowest BCUT2D eigenvalue weighted by Crippen LogP contribution is -2.36. The molecule has 0 fully saturated rings. The molecule has 1 heterocycles. The van der Waals surface area contributed by atoms with E-state index in [1.54, 1.807) is 0 Å². The van der Waals surface area contributed by atoms with Crippen molar-refractivity contribution in [2.75, 3.05) is 0 Å². The number of carbonyl (C=O) groups is 2. The molecule has 25 heavy (non-hydrogen) atoms. The van der Waals surface area contributed by atoms with E-state index in [9.17, 15) is 19.7 Å². The first-order valence-electron chi connectivity index (χ1n) is 7.01. The molecule has 0 bridgehead atoms. The highest BCUT2D eigenvalue weighted by Gasteiger charge is 2.39. The lowest BCUT2D eigenvalue weighted by molar-refractivity contribution is -0.384. The molecule has 1 aromatic rings. The second kappa shape index (κ2) is 6.99. The van der Waals surface area contributed by atoms with Crippen molar-refractivity contribution in [1.82, 2.24) is 0 Å². The van der Waals surface area contributed by atoms with Gasteiger partial charge in [0.1, 0.15) is 5.76 Å². The van der Waals surface area contributed by atoms with Crippen LogP contribution in [0.15, 0.2) is 40.7 Å². The van der Waals surface area contributed by atoms with Crippen LogP contribution in [0.2, 0.25) is 0 Å². The van der Waals surface area contributed by atoms with Gasteiger partial charge in [-0.05, 0) is 19.4 Å². The van der Waals surface area contributed by atoms with Gasteiger partial charge in [-0.1, -0.05) is 12.1 Å². The molecule has 0 amide bonds. The van der Waals surface area contributed by atoms with Crippen molar-refractivity contribution in [2.45, 2.75) is 25.9 Å². The molecule has 0 spiro atoms. The van der Waals surface area contributed by atoms with Crippen LogP contribution in [0.25, 0.3) is 0 Å². The molecule has 2 atom stereocenters. The number of nitrogens with zero attached hydrogens (tertiary/aromatic N) is 2. The number of nitro benzene ring substituents is 1. The maximum absolute atomic E-state index is 11.0. The predicted molar refractivity (Wildman–Crippen MR) is 83.7 cm³/mol. The molecule has 10 heteroatoms. The topological polar surface area (TPSA) is 149 Å². The highest BCUT2D eigenvalue weighted by molar-refractivity contribution is 5.91. The highest BCUT2D eigenvalue weighted by atomic mass is 16.7. The summed E-state index contributed by atoms with van der Waals surface area (Å²) in [5.74, 6) is -1.17. The average molecular weight is 350 g/mol. The molecule has 0 saturated heterocycles. The van der Waals surface area contributed by atoms with Gasteiger partial charge in [0.2, 0.25) is 0 Å². The van der Waals surface area contributed by atoms with Gasteiger partial charge < -0.3 is 19.7 Å². The number of aliphatic imine (C=N–C) groups is 1. The fourth-order valence-corrected chi connectivity index (χ4v) is 2.64. The van der Waals surface area contributed by atoms with E-state index in [1.165, 1.54) is 38.1 Å². The normalized spacial score (nSPS) is 19.8. The molecule has 0 aromatic heterocycles. The molecule has 0 radical (unpaired) electrons.